The van der Waals surface area contributed by atoms with E-state index in [-0.39, 0.29) is 12.0 Å². The Bertz CT molecular complexity index is 677. The second-order valence-corrected chi connectivity index (χ2v) is 6.17. The number of unbranched alkanes of at least 4 members (excludes halogenated alkanes) is 2. The molecule has 140 valence electrons. The second-order valence-electron chi connectivity index (χ2n) is 6.17. The third kappa shape index (κ3) is 7.39. The average molecular weight is 357 g/mol. The van der Waals surface area contributed by atoms with E-state index >= 15 is 0 Å². The number of hydrogen-bond donors (Lipinski definition) is 3. The monoisotopic (exact) mass is 357 g/mol. The van der Waals surface area contributed by atoms with Crippen molar-refractivity contribution >= 4 is 17.6 Å². The van der Waals surface area contributed by atoms with Gasteiger partial charge in [-0.2, -0.15) is 5.26 Å². The number of nitrogens with zero attached hydrogens (tertiary/aromatic N) is 1. The van der Waals surface area contributed by atoms with Crippen molar-refractivity contribution in [2.45, 2.75) is 51.9 Å². The first-order chi connectivity index (χ1) is 12.5. The van der Waals surface area contributed by atoms with Crippen LogP contribution in [0.3, 0.4) is 0 Å². The Morgan fingerprint density at radius 1 is 1.27 bits per heavy atom. The highest BCUT2D eigenvalue weighted by molar-refractivity contribution is 5.97. The molecule has 0 aliphatic carbocycles. The van der Waals surface area contributed by atoms with Crippen molar-refractivity contribution in [2.24, 2.45) is 0 Å². The number of nitrogens with one attached hydrogen (secondary N) is 2. The number of rotatable bonds is 11. The number of nitriles is 1. The summed E-state index contributed by atoms with van der Waals surface area (Å²) in [7, 11) is 0. The van der Waals surface area contributed by atoms with Crippen LogP contribution in [0.15, 0.2) is 36.0 Å². The van der Waals surface area contributed by atoms with Gasteiger partial charge in [-0.05, 0) is 36.8 Å². The Balaban J connectivity index is 2.56. The first-order valence-electron chi connectivity index (χ1n) is 8.95. The smallest absolute Gasteiger partial charge is 0.303 e. The minimum atomic E-state index is -0.813. The molecule has 0 aliphatic heterocycles. The maximum Gasteiger partial charge on any atom is 0.303 e. The second kappa shape index (κ2) is 11.7. The average Bonchev–Trinajstić information content (AvgIpc) is 2.64. The molecule has 3 N–H and O–H groups in total. The van der Waals surface area contributed by atoms with Crippen molar-refractivity contribution in [1.29, 1.82) is 5.26 Å². The van der Waals surface area contributed by atoms with Crippen molar-refractivity contribution < 1.29 is 14.7 Å². The SMILES string of the molecule is CCC(C)c1ccccc1N/C=C(/C#N)C(=O)NCCCCCC(=O)O. The van der Waals surface area contributed by atoms with Gasteiger partial charge in [-0.1, -0.05) is 38.5 Å². The van der Waals surface area contributed by atoms with Crippen molar-refractivity contribution in [3.63, 3.8) is 0 Å². The topological polar surface area (TPSA) is 102 Å². The quantitative estimate of drug-likeness (QED) is 0.318. The van der Waals surface area contributed by atoms with Gasteiger partial charge in [-0.15, -0.1) is 0 Å². The molecule has 1 atom stereocenters. The van der Waals surface area contributed by atoms with E-state index in [0.29, 0.717) is 25.3 Å². The van der Waals surface area contributed by atoms with Crippen LogP contribution in [-0.4, -0.2) is 23.5 Å². The number of carboxylic acid groups (broad SMARTS) is 1. The van der Waals surface area contributed by atoms with E-state index in [0.717, 1.165) is 24.1 Å². The van der Waals surface area contributed by atoms with Crippen LogP contribution in [0, 0.1) is 11.3 Å². The van der Waals surface area contributed by atoms with E-state index in [1.54, 1.807) is 0 Å². The Kier molecular flexibility index (Phi) is 9.55. The lowest BCUT2D eigenvalue weighted by Crippen LogP contribution is -2.26. The normalized spacial score (nSPS) is 12.1. The maximum absolute atomic E-state index is 12.1. The molecule has 0 spiro atoms. The molecule has 6 nitrogen and oxygen atoms in total. The summed E-state index contributed by atoms with van der Waals surface area (Å²) < 4.78 is 0. The highest BCUT2D eigenvalue weighted by Crippen LogP contribution is 2.26. The lowest BCUT2D eigenvalue weighted by molar-refractivity contribution is -0.137. The van der Waals surface area contributed by atoms with Crippen molar-refractivity contribution in [1.82, 2.24) is 5.32 Å². The lowest BCUT2D eigenvalue weighted by Gasteiger charge is -2.14. The molecule has 26 heavy (non-hydrogen) atoms. The fraction of sp³-hybridized carbons (Fsp3) is 0.450. The van der Waals surface area contributed by atoms with Crippen LogP contribution in [0.2, 0.25) is 0 Å². The predicted molar refractivity (Wildman–Crippen MR) is 102 cm³/mol. The molecule has 0 saturated carbocycles. The first kappa shape index (κ1) is 21.2. The number of carboxylic acids is 1. The predicted octanol–water partition coefficient (Wildman–Crippen LogP) is 3.78. The molecule has 0 fully saturated rings. The molecule has 1 aromatic carbocycles. The van der Waals surface area contributed by atoms with Gasteiger partial charge >= 0.3 is 5.97 Å². The van der Waals surface area contributed by atoms with Crippen LogP contribution in [0.4, 0.5) is 5.69 Å². The van der Waals surface area contributed by atoms with Gasteiger partial charge in [0.05, 0.1) is 0 Å². The molecule has 1 aromatic rings. The minimum Gasteiger partial charge on any atom is -0.481 e. The van der Waals surface area contributed by atoms with Gasteiger partial charge in [0, 0.05) is 24.9 Å². The summed E-state index contributed by atoms with van der Waals surface area (Å²) in [6.07, 6.45) is 4.55. The number of carbonyl (C=O) groups excluding carboxylic acids is 1. The van der Waals surface area contributed by atoms with Gasteiger partial charge in [-0.3, -0.25) is 9.59 Å². The summed E-state index contributed by atoms with van der Waals surface area (Å²) in [5.41, 5.74) is 2.04. The van der Waals surface area contributed by atoms with E-state index in [9.17, 15) is 14.9 Å². The highest BCUT2D eigenvalue weighted by atomic mass is 16.4. The van der Waals surface area contributed by atoms with Gasteiger partial charge in [0.1, 0.15) is 11.6 Å². The summed E-state index contributed by atoms with van der Waals surface area (Å²) >= 11 is 0. The molecule has 1 rings (SSSR count). The molecular formula is C20H27N3O3. The Labute approximate surface area is 154 Å². The van der Waals surface area contributed by atoms with Crippen molar-refractivity contribution in [3.05, 3.63) is 41.6 Å². The number of hydrogen-bond acceptors (Lipinski definition) is 4. The Morgan fingerprint density at radius 2 is 2.00 bits per heavy atom. The molecule has 0 heterocycles. The van der Waals surface area contributed by atoms with Gasteiger partial charge in [0.2, 0.25) is 0 Å². The molecule has 0 saturated heterocycles. The summed E-state index contributed by atoms with van der Waals surface area (Å²) in [5.74, 6) is -0.871. The molecule has 0 aliphatic rings. The van der Waals surface area contributed by atoms with Gasteiger partial charge in [-0.25, -0.2) is 0 Å². The number of carbonyl (C=O) groups is 2. The fourth-order valence-corrected chi connectivity index (χ4v) is 2.45. The van der Waals surface area contributed by atoms with Crippen LogP contribution >= 0.6 is 0 Å². The van der Waals surface area contributed by atoms with Crippen LogP contribution < -0.4 is 10.6 Å². The molecular weight excluding hydrogens is 330 g/mol. The Morgan fingerprint density at radius 3 is 2.65 bits per heavy atom. The maximum atomic E-state index is 12.1. The number of aliphatic carboxylic acids is 1. The molecule has 0 aromatic heterocycles. The van der Waals surface area contributed by atoms with Gasteiger partial charge in [0.25, 0.3) is 5.91 Å². The highest BCUT2D eigenvalue weighted by Gasteiger charge is 2.10. The van der Waals surface area contributed by atoms with Crippen molar-refractivity contribution in [3.8, 4) is 6.07 Å². The van der Waals surface area contributed by atoms with Crippen LogP contribution in [0.25, 0.3) is 0 Å². The number of amides is 1. The summed E-state index contributed by atoms with van der Waals surface area (Å²) in [6.45, 7) is 4.66. The zero-order valence-corrected chi connectivity index (χ0v) is 15.4. The third-order valence-electron chi connectivity index (χ3n) is 4.19. The van der Waals surface area contributed by atoms with Crippen LogP contribution in [0.1, 0.15) is 57.4 Å². The minimum absolute atomic E-state index is 0.00879. The summed E-state index contributed by atoms with van der Waals surface area (Å²) in [5, 5.41) is 23.5. The van der Waals surface area contributed by atoms with E-state index in [4.69, 9.17) is 5.11 Å². The van der Waals surface area contributed by atoms with Crippen LogP contribution in [-0.2, 0) is 9.59 Å². The van der Waals surface area contributed by atoms with Crippen molar-refractivity contribution in [2.75, 3.05) is 11.9 Å². The number of anilines is 1. The van der Waals surface area contributed by atoms with Gasteiger partial charge in [0.15, 0.2) is 0 Å². The Hall–Kier alpha value is -2.81. The molecule has 6 heteroatoms. The molecule has 0 radical (unpaired) electrons. The van der Waals surface area contributed by atoms with Crippen LogP contribution in [0.5, 0.6) is 0 Å². The lowest BCUT2D eigenvalue weighted by atomic mass is 9.97. The third-order valence-corrected chi connectivity index (χ3v) is 4.19. The summed E-state index contributed by atoms with van der Waals surface area (Å²) in [4.78, 5) is 22.5. The first-order valence-corrected chi connectivity index (χ1v) is 8.95. The molecule has 0 bridgehead atoms. The van der Waals surface area contributed by atoms with E-state index in [1.807, 2.05) is 30.3 Å². The largest absolute Gasteiger partial charge is 0.481 e. The standard InChI is InChI=1S/C20H27N3O3/c1-3-15(2)17-9-6-7-10-18(17)23-14-16(13-21)20(26)22-12-8-4-5-11-19(24)25/h6-7,9-10,14-15,23H,3-5,8,11-12H2,1-2H3,(H,22,26)(H,24,25)/b16-14-. The molecule has 1 amide bonds. The van der Waals surface area contributed by atoms with E-state index in [1.165, 1.54) is 6.20 Å². The van der Waals surface area contributed by atoms with E-state index in [2.05, 4.69) is 24.5 Å². The van der Waals surface area contributed by atoms with E-state index < -0.39 is 11.9 Å². The molecule has 1 unspecified atom stereocenters. The fourth-order valence-electron chi connectivity index (χ4n) is 2.45. The number of benzene rings is 1. The number of para-hydroxylation sites is 1. The van der Waals surface area contributed by atoms with Gasteiger partial charge < -0.3 is 15.7 Å². The zero-order valence-electron chi connectivity index (χ0n) is 15.4. The summed E-state index contributed by atoms with van der Waals surface area (Å²) in [6, 6.07) is 9.75. The zero-order chi connectivity index (χ0) is 19.4.